The highest BCUT2D eigenvalue weighted by Crippen LogP contribution is 2.36. The molecule has 9 heteroatoms. The minimum Gasteiger partial charge on any atom is -0.485 e. The van der Waals surface area contributed by atoms with Gasteiger partial charge in [0.15, 0.2) is 0 Å². The normalized spacial score (nSPS) is 16.4. The number of ether oxygens (including phenoxy) is 1. The Hall–Kier alpha value is -2.72. The Labute approximate surface area is 183 Å². The third kappa shape index (κ3) is 4.80. The first-order valence-electron chi connectivity index (χ1n) is 9.66. The van der Waals surface area contributed by atoms with Gasteiger partial charge in [-0.1, -0.05) is 54.6 Å². The fourth-order valence-corrected chi connectivity index (χ4v) is 5.05. The summed E-state index contributed by atoms with van der Waals surface area (Å²) in [5.41, 5.74) is 3.29. The van der Waals surface area contributed by atoms with E-state index in [0.29, 0.717) is 6.42 Å². The number of sulfonamides is 1. The molecule has 0 saturated carbocycles. The minimum atomic E-state index is -4.03. The van der Waals surface area contributed by atoms with Crippen molar-refractivity contribution in [3.63, 3.8) is 0 Å². The Morgan fingerprint density at radius 1 is 1.03 bits per heavy atom. The van der Waals surface area contributed by atoms with Gasteiger partial charge in [0.2, 0.25) is 10.0 Å². The molecule has 0 fully saturated rings. The fourth-order valence-electron chi connectivity index (χ4n) is 3.68. The molecule has 1 aliphatic rings. The van der Waals surface area contributed by atoms with E-state index in [0.717, 1.165) is 27.6 Å². The maximum atomic E-state index is 11.9. The summed E-state index contributed by atoms with van der Waals surface area (Å²) in [7, 11) is -4.03. The number of primary sulfonamides is 1. The molecule has 2 unspecified atom stereocenters. The molecule has 7 nitrogen and oxygen atoms in total. The molecule has 31 heavy (non-hydrogen) atoms. The summed E-state index contributed by atoms with van der Waals surface area (Å²) >= 11 is -2.41. The van der Waals surface area contributed by atoms with Gasteiger partial charge in [-0.25, -0.2) is 17.8 Å². The van der Waals surface area contributed by atoms with Crippen molar-refractivity contribution in [2.75, 3.05) is 10.8 Å². The molecule has 2 atom stereocenters. The molecule has 0 saturated heterocycles. The first-order valence-corrected chi connectivity index (χ1v) is 12.3. The molecule has 0 amide bonds. The predicted molar refractivity (Wildman–Crippen MR) is 120 cm³/mol. The van der Waals surface area contributed by atoms with Gasteiger partial charge in [-0.15, -0.1) is 0 Å². The highest BCUT2D eigenvalue weighted by molar-refractivity contribution is 7.89. The smallest absolute Gasteiger partial charge is 0.261 e. The van der Waals surface area contributed by atoms with Crippen LogP contribution in [0.1, 0.15) is 22.8 Å². The average molecular weight is 459 g/mol. The van der Waals surface area contributed by atoms with Gasteiger partial charge < -0.3 is 4.74 Å². The number of fused-ring (bicyclic) bond motifs is 1. The van der Waals surface area contributed by atoms with Gasteiger partial charge in [0.1, 0.15) is 16.7 Å². The van der Waals surface area contributed by atoms with Crippen molar-refractivity contribution >= 4 is 27.0 Å². The van der Waals surface area contributed by atoms with Crippen molar-refractivity contribution < 1.29 is 21.9 Å². The lowest BCUT2D eigenvalue weighted by Gasteiger charge is -2.22. The van der Waals surface area contributed by atoms with Crippen LogP contribution in [0.4, 0.5) is 5.69 Å². The summed E-state index contributed by atoms with van der Waals surface area (Å²) in [5, 5.41) is 5.26. The SMILES string of the molecule is NS(=O)(=O)c1ccccc1N(CCc1ccc(C2Cc3ccccc3O2)cc1)S(=O)O. The Balaban J connectivity index is 1.47. The molecule has 3 N–H and O–H groups in total. The zero-order chi connectivity index (χ0) is 22.0. The number of anilines is 1. The Kier molecular flexibility index (Phi) is 6.10. The van der Waals surface area contributed by atoms with Crippen LogP contribution in [-0.2, 0) is 34.1 Å². The van der Waals surface area contributed by atoms with Gasteiger partial charge in [-0.2, -0.15) is 0 Å². The number of para-hydroxylation sites is 2. The summed E-state index contributed by atoms with van der Waals surface area (Å²) < 4.78 is 52.5. The molecule has 3 aromatic carbocycles. The molecule has 0 spiro atoms. The molecular weight excluding hydrogens is 436 g/mol. The van der Waals surface area contributed by atoms with E-state index in [4.69, 9.17) is 9.88 Å². The molecule has 1 aliphatic heterocycles. The summed E-state index contributed by atoms with van der Waals surface area (Å²) in [5.74, 6) is 0.908. The molecule has 4 rings (SSSR count). The highest BCUT2D eigenvalue weighted by Gasteiger charge is 2.24. The van der Waals surface area contributed by atoms with Crippen molar-refractivity contribution in [2.45, 2.75) is 23.8 Å². The van der Waals surface area contributed by atoms with Crippen molar-refractivity contribution in [3.05, 3.63) is 89.5 Å². The summed E-state index contributed by atoms with van der Waals surface area (Å²) in [4.78, 5) is -0.189. The van der Waals surface area contributed by atoms with Crippen LogP contribution >= 0.6 is 0 Å². The van der Waals surface area contributed by atoms with E-state index in [1.54, 1.807) is 6.07 Å². The maximum absolute atomic E-state index is 11.9. The monoisotopic (exact) mass is 458 g/mol. The molecule has 3 aromatic rings. The lowest BCUT2D eigenvalue weighted by atomic mass is 10.0. The van der Waals surface area contributed by atoms with Gasteiger partial charge in [-0.3, -0.25) is 8.86 Å². The zero-order valence-corrected chi connectivity index (χ0v) is 18.2. The van der Waals surface area contributed by atoms with Gasteiger partial charge in [0.05, 0.1) is 5.69 Å². The van der Waals surface area contributed by atoms with Gasteiger partial charge in [0.25, 0.3) is 11.3 Å². The summed E-state index contributed by atoms with van der Waals surface area (Å²) in [6.45, 7) is 0.139. The summed E-state index contributed by atoms with van der Waals surface area (Å²) in [6, 6.07) is 21.8. The van der Waals surface area contributed by atoms with Crippen molar-refractivity contribution in [1.82, 2.24) is 0 Å². The zero-order valence-electron chi connectivity index (χ0n) is 16.5. The van der Waals surface area contributed by atoms with Crippen LogP contribution in [0.5, 0.6) is 5.75 Å². The van der Waals surface area contributed by atoms with E-state index in [9.17, 15) is 17.2 Å². The van der Waals surface area contributed by atoms with Crippen molar-refractivity contribution in [1.29, 1.82) is 0 Å². The maximum Gasteiger partial charge on any atom is 0.261 e. The molecule has 162 valence electrons. The second-order valence-corrected chi connectivity index (χ2v) is 9.69. The molecular formula is C22H22N2O5S2. The van der Waals surface area contributed by atoms with Crippen molar-refractivity contribution in [3.8, 4) is 5.75 Å². The van der Waals surface area contributed by atoms with Gasteiger partial charge >= 0.3 is 0 Å². The lowest BCUT2D eigenvalue weighted by Crippen LogP contribution is -2.30. The minimum absolute atomic E-state index is 0.0328. The number of nitrogens with two attached hydrogens (primary N) is 1. The number of nitrogens with zero attached hydrogens (tertiary/aromatic N) is 1. The van der Waals surface area contributed by atoms with Crippen LogP contribution in [0.3, 0.4) is 0 Å². The first kappa shape index (κ1) is 21.5. The molecule has 1 heterocycles. The first-order chi connectivity index (χ1) is 14.8. The van der Waals surface area contributed by atoms with Crippen LogP contribution in [0.2, 0.25) is 0 Å². The van der Waals surface area contributed by atoms with Crippen LogP contribution in [0.15, 0.2) is 77.7 Å². The average Bonchev–Trinajstić information content (AvgIpc) is 3.18. The van der Waals surface area contributed by atoms with E-state index in [1.165, 1.54) is 23.8 Å². The van der Waals surface area contributed by atoms with Gasteiger partial charge in [0, 0.05) is 13.0 Å². The van der Waals surface area contributed by atoms with Crippen molar-refractivity contribution in [2.24, 2.45) is 5.14 Å². The standard InChI is InChI=1S/C22H22N2O5S2/c23-31(27,28)22-8-4-2-6-19(22)24(30(25)26)14-13-16-9-11-17(12-10-16)21-15-18-5-1-3-7-20(18)29-21/h1-12,21H,13-15H2,(H,25,26)(H2,23,27,28). The topological polar surface area (TPSA) is 110 Å². The Morgan fingerprint density at radius 2 is 1.71 bits per heavy atom. The second kappa shape index (κ2) is 8.80. The van der Waals surface area contributed by atoms with Crippen LogP contribution in [0.25, 0.3) is 0 Å². The molecule has 0 aromatic heterocycles. The molecule has 0 aliphatic carbocycles. The van der Waals surface area contributed by atoms with E-state index in [2.05, 4.69) is 6.07 Å². The van der Waals surface area contributed by atoms with Crippen LogP contribution < -0.4 is 14.2 Å². The fraction of sp³-hybridized carbons (Fsp3) is 0.182. The van der Waals surface area contributed by atoms with E-state index < -0.39 is 21.3 Å². The lowest BCUT2D eigenvalue weighted by molar-refractivity contribution is 0.238. The Morgan fingerprint density at radius 3 is 2.39 bits per heavy atom. The van der Waals surface area contributed by atoms with Crippen LogP contribution in [-0.4, -0.2) is 23.7 Å². The third-order valence-electron chi connectivity index (χ3n) is 5.23. The largest absolute Gasteiger partial charge is 0.485 e. The summed E-state index contributed by atoms with van der Waals surface area (Å²) in [6.07, 6.45) is 1.23. The quantitative estimate of drug-likeness (QED) is 0.529. The third-order valence-corrected chi connectivity index (χ3v) is 6.95. The molecule has 0 radical (unpaired) electrons. The number of hydrogen-bond acceptors (Lipinski definition) is 4. The van der Waals surface area contributed by atoms with E-state index >= 15 is 0 Å². The van der Waals surface area contributed by atoms with E-state index in [1.807, 2.05) is 42.5 Å². The van der Waals surface area contributed by atoms with Gasteiger partial charge in [-0.05, 0) is 41.3 Å². The predicted octanol–water partition coefficient (Wildman–Crippen LogP) is 3.20. The highest BCUT2D eigenvalue weighted by atomic mass is 32.2. The number of benzene rings is 3. The number of hydrogen-bond donors (Lipinski definition) is 2. The van der Waals surface area contributed by atoms with E-state index in [-0.39, 0.29) is 23.2 Å². The van der Waals surface area contributed by atoms with Crippen LogP contribution in [0, 0.1) is 0 Å². The number of rotatable bonds is 7. The Bertz CT molecular complexity index is 1190. The molecule has 0 bridgehead atoms. The second-order valence-electron chi connectivity index (χ2n) is 7.26.